The average Bonchev–Trinajstić information content (AvgIpc) is 2.29. The summed E-state index contributed by atoms with van der Waals surface area (Å²) in [6, 6.07) is 9.12. The molecule has 2 aliphatic rings. The summed E-state index contributed by atoms with van der Waals surface area (Å²) >= 11 is 0. The van der Waals surface area contributed by atoms with Gasteiger partial charge in [-0.15, -0.1) is 0 Å². The quantitative estimate of drug-likeness (QED) is 0.653. The van der Waals surface area contributed by atoms with E-state index < -0.39 is 0 Å². The van der Waals surface area contributed by atoms with Crippen LogP contribution in [-0.4, -0.2) is 0 Å². The molecule has 1 atom stereocenters. The highest BCUT2D eigenvalue weighted by atomic mass is 14.3. The maximum atomic E-state index is 2.49. The van der Waals surface area contributed by atoms with Crippen LogP contribution in [0.5, 0.6) is 0 Å². The third-order valence-electron chi connectivity index (χ3n) is 4.52. The molecule has 0 radical (unpaired) electrons. The van der Waals surface area contributed by atoms with Crippen molar-refractivity contribution < 1.29 is 0 Å². The van der Waals surface area contributed by atoms with E-state index >= 15 is 0 Å². The lowest BCUT2D eigenvalue weighted by molar-refractivity contribution is 0.419. The van der Waals surface area contributed by atoms with Crippen molar-refractivity contribution in [3.8, 4) is 0 Å². The zero-order valence-electron chi connectivity index (χ0n) is 10.8. The average molecular weight is 226 g/mol. The lowest BCUT2D eigenvalue weighted by Crippen LogP contribution is -2.12. The SMILES string of the molecule is CC1CC=C(c2ccccc2C2CCC2)CC1. The molecular weight excluding hydrogens is 204 g/mol. The third kappa shape index (κ3) is 2.18. The standard InChI is InChI=1S/C17H22/c1-13-9-11-15(12-10-13)17-8-3-2-7-16(17)14-5-4-6-14/h2-3,7-8,11,13-14H,4-6,9-10,12H2,1H3. The molecule has 0 aromatic heterocycles. The van der Waals surface area contributed by atoms with E-state index in [1.165, 1.54) is 38.5 Å². The molecule has 3 rings (SSSR count). The molecule has 17 heavy (non-hydrogen) atoms. The number of benzene rings is 1. The van der Waals surface area contributed by atoms with Crippen LogP contribution in [0, 0.1) is 5.92 Å². The zero-order valence-corrected chi connectivity index (χ0v) is 10.8. The van der Waals surface area contributed by atoms with Gasteiger partial charge in [-0.2, -0.15) is 0 Å². The Morgan fingerprint density at radius 2 is 1.88 bits per heavy atom. The van der Waals surface area contributed by atoms with Crippen LogP contribution in [0.25, 0.3) is 5.57 Å². The first kappa shape index (κ1) is 11.1. The molecule has 0 spiro atoms. The molecule has 0 saturated heterocycles. The van der Waals surface area contributed by atoms with E-state index in [1.54, 1.807) is 16.7 Å². The summed E-state index contributed by atoms with van der Waals surface area (Å²) in [5, 5.41) is 0. The molecule has 1 fully saturated rings. The van der Waals surface area contributed by atoms with Crippen molar-refractivity contribution in [2.45, 2.75) is 51.4 Å². The zero-order chi connectivity index (χ0) is 11.7. The van der Waals surface area contributed by atoms with Crippen molar-refractivity contribution in [2.75, 3.05) is 0 Å². The molecule has 0 bridgehead atoms. The second kappa shape index (κ2) is 4.68. The van der Waals surface area contributed by atoms with Crippen molar-refractivity contribution in [2.24, 2.45) is 5.92 Å². The molecule has 0 aliphatic heterocycles. The second-order valence-electron chi connectivity index (χ2n) is 5.82. The van der Waals surface area contributed by atoms with Gasteiger partial charge in [0.2, 0.25) is 0 Å². The normalized spacial score (nSPS) is 25.2. The predicted octanol–water partition coefficient (Wildman–Crippen LogP) is 5.16. The smallest absolute Gasteiger partial charge is 0.0156 e. The third-order valence-corrected chi connectivity index (χ3v) is 4.52. The molecule has 0 heteroatoms. The molecule has 90 valence electrons. The Morgan fingerprint density at radius 1 is 1.06 bits per heavy atom. The van der Waals surface area contributed by atoms with E-state index in [1.807, 2.05) is 0 Å². The maximum Gasteiger partial charge on any atom is -0.0156 e. The first-order chi connectivity index (χ1) is 8.34. The Morgan fingerprint density at radius 3 is 2.53 bits per heavy atom. The number of hydrogen-bond donors (Lipinski definition) is 0. The van der Waals surface area contributed by atoms with Gasteiger partial charge in [-0.05, 0) is 60.6 Å². The fourth-order valence-corrected chi connectivity index (χ4v) is 3.07. The Balaban J connectivity index is 1.91. The highest BCUT2D eigenvalue weighted by Crippen LogP contribution is 2.41. The van der Waals surface area contributed by atoms with Gasteiger partial charge >= 0.3 is 0 Å². The Kier molecular flexibility index (Phi) is 3.05. The van der Waals surface area contributed by atoms with E-state index in [2.05, 4.69) is 37.3 Å². The van der Waals surface area contributed by atoms with E-state index in [0.29, 0.717) is 0 Å². The predicted molar refractivity (Wildman–Crippen MR) is 74.0 cm³/mol. The molecule has 1 saturated carbocycles. The minimum Gasteiger partial charge on any atom is -0.0804 e. The molecule has 1 unspecified atom stereocenters. The minimum atomic E-state index is 0.853. The van der Waals surface area contributed by atoms with Crippen molar-refractivity contribution in [3.05, 3.63) is 41.5 Å². The summed E-state index contributed by atoms with van der Waals surface area (Å²) in [6.07, 6.45) is 10.6. The van der Waals surface area contributed by atoms with Gasteiger partial charge in [-0.3, -0.25) is 0 Å². The molecule has 2 aliphatic carbocycles. The van der Waals surface area contributed by atoms with Crippen LogP contribution in [0.15, 0.2) is 30.3 Å². The van der Waals surface area contributed by atoms with Crippen molar-refractivity contribution in [1.29, 1.82) is 0 Å². The maximum absolute atomic E-state index is 2.49. The van der Waals surface area contributed by atoms with Gasteiger partial charge in [0.1, 0.15) is 0 Å². The van der Waals surface area contributed by atoms with Crippen LogP contribution < -0.4 is 0 Å². The van der Waals surface area contributed by atoms with Crippen molar-refractivity contribution >= 4 is 5.57 Å². The van der Waals surface area contributed by atoms with Gasteiger partial charge in [-0.25, -0.2) is 0 Å². The summed E-state index contributed by atoms with van der Waals surface area (Å²) in [4.78, 5) is 0. The molecule has 0 amide bonds. The van der Waals surface area contributed by atoms with Crippen LogP contribution in [0.3, 0.4) is 0 Å². The van der Waals surface area contributed by atoms with Gasteiger partial charge in [0.25, 0.3) is 0 Å². The summed E-state index contributed by atoms with van der Waals surface area (Å²) in [6.45, 7) is 2.37. The van der Waals surface area contributed by atoms with E-state index in [4.69, 9.17) is 0 Å². The van der Waals surface area contributed by atoms with Crippen LogP contribution >= 0.6 is 0 Å². The second-order valence-corrected chi connectivity index (χ2v) is 5.82. The van der Waals surface area contributed by atoms with Gasteiger partial charge in [0.15, 0.2) is 0 Å². The highest BCUT2D eigenvalue weighted by molar-refractivity contribution is 5.69. The molecule has 0 N–H and O–H groups in total. The van der Waals surface area contributed by atoms with Crippen LogP contribution in [0.4, 0.5) is 0 Å². The first-order valence-corrected chi connectivity index (χ1v) is 7.13. The largest absolute Gasteiger partial charge is 0.0804 e. The minimum absolute atomic E-state index is 0.853. The monoisotopic (exact) mass is 226 g/mol. The van der Waals surface area contributed by atoms with Crippen molar-refractivity contribution in [3.63, 3.8) is 0 Å². The lowest BCUT2D eigenvalue weighted by Gasteiger charge is -2.29. The van der Waals surface area contributed by atoms with Crippen LogP contribution in [-0.2, 0) is 0 Å². The van der Waals surface area contributed by atoms with Crippen LogP contribution in [0.2, 0.25) is 0 Å². The lowest BCUT2D eigenvalue weighted by atomic mass is 9.75. The van der Waals surface area contributed by atoms with Crippen LogP contribution in [0.1, 0.15) is 62.5 Å². The molecule has 1 aromatic rings. The number of rotatable bonds is 2. The highest BCUT2D eigenvalue weighted by Gasteiger charge is 2.23. The fourth-order valence-electron chi connectivity index (χ4n) is 3.07. The molecule has 1 aromatic carbocycles. The molecule has 0 nitrogen and oxygen atoms in total. The van der Waals surface area contributed by atoms with Gasteiger partial charge in [-0.1, -0.05) is 43.7 Å². The first-order valence-electron chi connectivity index (χ1n) is 7.13. The topological polar surface area (TPSA) is 0 Å². The Bertz CT molecular complexity index is 423. The number of hydrogen-bond acceptors (Lipinski definition) is 0. The van der Waals surface area contributed by atoms with Gasteiger partial charge < -0.3 is 0 Å². The molecule has 0 heterocycles. The summed E-state index contributed by atoms with van der Waals surface area (Å²) < 4.78 is 0. The summed E-state index contributed by atoms with van der Waals surface area (Å²) in [5.74, 6) is 1.74. The van der Waals surface area contributed by atoms with Crippen molar-refractivity contribution in [1.82, 2.24) is 0 Å². The Labute approximate surface area is 105 Å². The Hall–Kier alpha value is -1.04. The van der Waals surface area contributed by atoms with Gasteiger partial charge in [0.05, 0.1) is 0 Å². The summed E-state index contributed by atoms with van der Waals surface area (Å²) in [7, 11) is 0. The summed E-state index contributed by atoms with van der Waals surface area (Å²) in [5.41, 5.74) is 4.80. The van der Waals surface area contributed by atoms with Gasteiger partial charge in [0, 0.05) is 0 Å². The number of allylic oxidation sites excluding steroid dienone is 2. The molecular formula is C17H22. The van der Waals surface area contributed by atoms with E-state index in [9.17, 15) is 0 Å². The van der Waals surface area contributed by atoms with E-state index in [0.717, 1.165) is 11.8 Å². The fraction of sp³-hybridized carbons (Fsp3) is 0.529. The van der Waals surface area contributed by atoms with E-state index in [-0.39, 0.29) is 0 Å².